The van der Waals surface area contributed by atoms with Crippen LogP contribution in [0.25, 0.3) is 0 Å². The molecule has 0 radical (unpaired) electrons. The van der Waals surface area contributed by atoms with Crippen molar-refractivity contribution in [1.82, 2.24) is 20.4 Å². The van der Waals surface area contributed by atoms with Crippen molar-refractivity contribution >= 4 is 6.03 Å². The standard InChI is InChI=1S/C15H30N4O/c1-4-16-12-10-13-6-5-7-14(11-12)19(13)9-8-17-15(20)18(2)3/h12-14,16H,4-11H2,1-3H3,(H,17,20). The first-order valence-electron chi connectivity index (χ1n) is 8.06. The molecule has 2 atom stereocenters. The van der Waals surface area contributed by atoms with Gasteiger partial charge in [-0.15, -0.1) is 0 Å². The van der Waals surface area contributed by atoms with Gasteiger partial charge in [0.15, 0.2) is 0 Å². The van der Waals surface area contributed by atoms with Crippen LogP contribution in [0.1, 0.15) is 39.0 Å². The molecular formula is C15H30N4O. The van der Waals surface area contributed by atoms with Crippen molar-refractivity contribution in [2.45, 2.75) is 57.2 Å². The second-order valence-electron chi connectivity index (χ2n) is 6.33. The Morgan fingerprint density at radius 3 is 2.45 bits per heavy atom. The maximum absolute atomic E-state index is 11.6. The molecule has 0 aromatic rings. The first-order chi connectivity index (χ1) is 9.61. The van der Waals surface area contributed by atoms with Gasteiger partial charge in [-0.2, -0.15) is 0 Å². The molecule has 2 aliphatic rings. The van der Waals surface area contributed by atoms with Gasteiger partial charge in [0.05, 0.1) is 0 Å². The van der Waals surface area contributed by atoms with Crippen molar-refractivity contribution in [2.24, 2.45) is 0 Å². The van der Waals surface area contributed by atoms with Gasteiger partial charge in [-0.05, 0) is 32.2 Å². The normalized spacial score (nSPS) is 30.1. The quantitative estimate of drug-likeness (QED) is 0.798. The highest BCUT2D eigenvalue weighted by atomic mass is 16.2. The van der Waals surface area contributed by atoms with E-state index in [9.17, 15) is 4.79 Å². The largest absolute Gasteiger partial charge is 0.337 e. The SMILES string of the molecule is CCNC1CC2CCCC(C1)N2CCNC(=O)N(C)C. The van der Waals surface area contributed by atoms with Gasteiger partial charge in [0.25, 0.3) is 0 Å². The third-order valence-electron chi connectivity index (χ3n) is 4.67. The summed E-state index contributed by atoms with van der Waals surface area (Å²) in [6, 6.07) is 2.13. The maximum Gasteiger partial charge on any atom is 0.316 e. The Hall–Kier alpha value is -0.810. The monoisotopic (exact) mass is 282 g/mol. The van der Waals surface area contributed by atoms with Gasteiger partial charge in [0, 0.05) is 45.3 Å². The molecule has 2 N–H and O–H groups in total. The van der Waals surface area contributed by atoms with Crippen LogP contribution in [-0.2, 0) is 0 Å². The lowest BCUT2D eigenvalue weighted by Crippen LogP contribution is -2.57. The lowest BCUT2D eigenvalue weighted by molar-refractivity contribution is 0.0263. The number of piperidine rings is 2. The molecule has 2 aliphatic heterocycles. The molecule has 2 amide bonds. The molecule has 2 saturated heterocycles. The number of hydrogen-bond acceptors (Lipinski definition) is 3. The van der Waals surface area contributed by atoms with Crippen LogP contribution in [0.4, 0.5) is 4.79 Å². The summed E-state index contributed by atoms with van der Waals surface area (Å²) in [5, 5.41) is 6.60. The molecule has 0 aliphatic carbocycles. The van der Waals surface area contributed by atoms with E-state index in [0.717, 1.165) is 19.6 Å². The highest BCUT2D eigenvalue weighted by Gasteiger charge is 2.37. The Kier molecular flexibility index (Phi) is 5.66. The van der Waals surface area contributed by atoms with E-state index in [4.69, 9.17) is 0 Å². The summed E-state index contributed by atoms with van der Waals surface area (Å²) >= 11 is 0. The number of nitrogens with one attached hydrogen (secondary N) is 2. The average Bonchev–Trinajstić information content (AvgIpc) is 2.39. The molecule has 0 spiro atoms. The molecule has 116 valence electrons. The van der Waals surface area contributed by atoms with Crippen molar-refractivity contribution in [1.29, 1.82) is 0 Å². The van der Waals surface area contributed by atoms with Gasteiger partial charge >= 0.3 is 6.03 Å². The minimum Gasteiger partial charge on any atom is -0.337 e. The zero-order valence-electron chi connectivity index (χ0n) is 13.2. The van der Waals surface area contributed by atoms with Crippen LogP contribution in [0.2, 0.25) is 0 Å². The second kappa shape index (κ2) is 7.27. The number of urea groups is 1. The molecule has 2 heterocycles. The number of amides is 2. The van der Waals surface area contributed by atoms with Crippen LogP contribution >= 0.6 is 0 Å². The van der Waals surface area contributed by atoms with Crippen molar-refractivity contribution in [2.75, 3.05) is 33.7 Å². The average molecular weight is 282 g/mol. The number of carbonyl (C=O) groups is 1. The van der Waals surface area contributed by atoms with E-state index in [1.807, 2.05) is 0 Å². The molecular weight excluding hydrogens is 252 g/mol. The van der Waals surface area contributed by atoms with Crippen LogP contribution in [0, 0.1) is 0 Å². The highest BCUT2D eigenvalue weighted by molar-refractivity contribution is 5.73. The Bertz CT molecular complexity index is 307. The van der Waals surface area contributed by atoms with Crippen LogP contribution in [0.15, 0.2) is 0 Å². The minimum atomic E-state index is 0.0118. The van der Waals surface area contributed by atoms with E-state index in [2.05, 4.69) is 22.5 Å². The van der Waals surface area contributed by atoms with E-state index in [-0.39, 0.29) is 6.03 Å². The van der Waals surface area contributed by atoms with E-state index in [1.54, 1.807) is 19.0 Å². The van der Waals surface area contributed by atoms with Gasteiger partial charge in [0.2, 0.25) is 0 Å². The van der Waals surface area contributed by atoms with Gasteiger partial charge in [0.1, 0.15) is 0 Å². The fourth-order valence-electron chi connectivity index (χ4n) is 3.75. The van der Waals surface area contributed by atoms with E-state index < -0.39 is 0 Å². The molecule has 0 aromatic carbocycles. The molecule has 0 aromatic heterocycles. The molecule has 2 unspecified atom stereocenters. The van der Waals surface area contributed by atoms with Crippen LogP contribution < -0.4 is 10.6 Å². The predicted molar refractivity (Wildman–Crippen MR) is 81.9 cm³/mol. The Labute approximate surface area is 123 Å². The number of hydrogen-bond donors (Lipinski definition) is 2. The number of carbonyl (C=O) groups excluding carboxylic acids is 1. The second-order valence-corrected chi connectivity index (χ2v) is 6.33. The minimum absolute atomic E-state index is 0.0118. The summed E-state index contributed by atoms with van der Waals surface area (Å²) in [6.07, 6.45) is 6.55. The molecule has 2 bridgehead atoms. The molecule has 2 fully saturated rings. The van der Waals surface area contributed by atoms with E-state index in [0.29, 0.717) is 18.1 Å². The summed E-state index contributed by atoms with van der Waals surface area (Å²) in [6.45, 7) is 5.02. The van der Waals surface area contributed by atoms with Crippen molar-refractivity contribution in [3.8, 4) is 0 Å². The van der Waals surface area contributed by atoms with Crippen LogP contribution in [0.3, 0.4) is 0 Å². The van der Waals surface area contributed by atoms with Crippen molar-refractivity contribution in [3.63, 3.8) is 0 Å². The lowest BCUT2D eigenvalue weighted by Gasteiger charge is -2.49. The van der Waals surface area contributed by atoms with Crippen LogP contribution in [-0.4, -0.2) is 67.7 Å². The highest BCUT2D eigenvalue weighted by Crippen LogP contribution is 2.33. The first kappa shape index (κ1) is 15.6. The van der Waals surface area contributed by atoms with Crippen LogP contribution in [0.5, 0.6) is 0 Å². The van der Waals surface area contributed by atoms with Gasteiger partial charge < -0.3 is 15.5 Å². The molecule has 0 saturated carbocycles. The maximum atomic E-state index is 11.6. The summed E-state index contributed by atoms with van der Waals surface area (Å²) < 4.78 is 0. The molecule has 20 heavy (non-hydrogen) atoms. The number of rotatable bonds is 5. The summed E-state index contributed by atoms with van der Waals surface area (Å²) in [5.74, 6) is 0. The molecule has 5 nitrogen and oxygen atoms in total. The predicted octanol–water partition coefficient (Wildman–Crippen LogP) is 1.25. The fourth-order valence-corrected chi connectivity index (χ4v) is 3.75. The number of nitrogens with zero attached hydrogens (tertiary/aromatic N) is 2. The van der Waals surface area contributed by atoms with Gasteiger partial charge in [-0.3, -0.25) is 4.90 Å². The van der Waals surface area contributed by atoms with Gasteiger partial charge in [-0.1, -0.05) is 13.3 Å². The topological polar surface area (TPSA) is 47.6 Å². The zero-order valence-corrected chi connectivity index (χ0v) is 13.2. The molecule has 5 heteroatoms. The van der Waals surface area contributed by atoms with Crippen molar-refractivity contribution < 1.29 is 4.79 Å². The van der Waals surface area contributed by atoms with E-state index >= 15 is 0 Å². The third kappa shape index (κ3) is 3.85. The Balaban J connectivity index is 1.81. The lowest BCUT2D eigenvalue weighted by atomic mass is 9.81. The van der Waals surface area contributed by atoms with E-state index in [1.165, 1.54) is 32.1 Å². The summed E-state index contributed by atoms with van der Waals surface area (Å²) in [7, 11) is 3.57. The number of fused-ring (bicyclic) bond motifs is 2. The smallest absolute Gasteiger partial charge is 0.316 e. The summed E-state index contributed by atoms with van der Waals surface area (Å²) in [4.78, 5) is 15.8. The molecule has 2 rings (SSSR count). The summed E-state index contributed by atoms with van der Waals surface area (Å²) in [5.41, 5.74) is 0. The third-order valence-corrected chi connectivity index (χ3v) is 4.67. The Morgan fingerprint density at radius 2 is 1.90 bits per heavy atom. The fraction of sp³-hybridized carbons (Fsp3) is 0.933. The van der Waals surface area contributed by atoms with Gasteiger partial charge in [-0.25, -0.2) is 4.79 Å². The van der Waals surface area contributed by atoms with Crippen molar-refractivity contribution in [3.05, 3.63) is 0 Å². The zero-order chi connectivity index (χ0) is 14.5. The first-order valence-corrected chi connectivity index (χ1v) is 8.06. The Morgan fingerprint density at radius 1 is 1.25 bits per heavy atom.